The van der Waals surface area contributed by atoms with Gasteiger partial charge in [-0.2, -0.15) is 0 Å². The number of hydrogen-bond donors (Lipinski definition) is 1. The first kappa shape index (κ1) is 20.0. The van der Waals surface area contributed by atoms with E-state index in [0.717, 1.165) is 6.42 Å². The lowest BCUT2D eigenvalue weighted by molar-refractivity contribution is -0.177. The molecule has 0 aromatic rings. The number of carbonyl (C=O) groups excluding carboxylic acids is 3. The molecule has 1 N–H and O–H groups in total. The number of rotatable bonds is 1. The molecule has 1 saturated carbocycles. The molecule has 0 amide bonds. The maximum absolute atomic E-state index is 13.4. The van der Waals surface area contributed by atoms with Gasteiger partial charge in [0.15, 0.2) is 5.78 Å². The van der Waals surface area contributed by atoms with Gasteiger partial charge in [0.2, 0.25) is 0 Å². The molecule has 3 aliphatic rings. The SMILES string of the molecule is C=C1C(=O)C2=C[C@@H]1CCC(=O)[C@@]1(C)[C@H](C[C@H]2O)C(C)(C)CC[C@H]1OC(C)=O. The average molecular weight is 374 g/mol. The molecular formula is C22H30O5. The minimum absolute atomic E-state index is 0.0442. The molecule has 3 rings (SSSR count). The lowest BCUT2D eigenvalue weighted by Crippen LogP contribution is -2.57. The Bertz CT molecular complexity index is 731. The minimum Gasteiger partial charge on any atom is -0.461 e. The van der Waals surface area contributed by atoms with Gasteiger partial charge in [0, 0.05) is 24.8 Å². The van der Waals surface area contributed by atoms with E-state index in [2.05, 4.69) is 20.4 Å². The Hall–Kier alpha value is -1.75. The highest BCUT2D eigenvalue weighted by atomic mass is 16.5. The van der Waals surface area contributed by atoms with E-state index >= 15 is 0 Å². The van der Waals surface area contributed by atoms with E-state index in [0.29, 0.717) is 36.8 Å². The first-order valence-electron chi connectivity index (χ1n) is 9.82. The van der Waals surface area contributed by atoms with Crippen molar-refractivity contribution in [2.45, 2.75) is 72.0 Å². The number of aliphatic hydroxyl groups is 1. The average Bonchev–Trinajstić information content (AvgIpc) is 2.86. The Morgan fingerprint density at radius 1 is 1.26 bits per heavy atom. The van der Waals surface area contributed by atoms with Gasteiger partial charge in [-0.05, 0) is 49.5 Å². The molecule has 148 valence electrons. The number of ether oxygens (including phenoxy) is 1. The van der Waals surface area contributed by atoms with Gasteiger partial charge in [-0.3, -0.25) is 14.4 Å². The van der Waals surface area contributed by atoms with Crippen LogP contribution in [0.3, 0.4) is 0 Å². The van der Waals surface area contributed by atoms with Gasteiger partial charge in [-0.25, -0.2) is 0 Å². The van der Waals surface area contributed by atoms with Crippen LogP contribution < -0.4 is 0 Å². The Kier molecular flexibility index (Phi) is 4.96. The van der Waals surface area contributed by atoms with Gasteiger partial charge in [0.25, 0.3) is 0 Å². The summed E-state index contributed by atoms with van der Waals surface area (Å²) in [5.74, 6) is -0.937. The maximum atomic E-state index is 13.4. The van der Waals surface area contributed by atoms with Crippen molar-refractivity contribution in [3.63, 3.8) is 0 Å². The molecule has 0 saturated heterocycles. The fourth-order valence-corrected chi connectivity index (χ4v) is 5.51. The van der Waals surface area contributed by atoms with Gasteiger partial charge >= 0.3 is 5.97 Å². The number of Topliss-reactive ketones (excluding diaryl/α,β-unsaturated/α-hetero) is 2. The number of aliphatic hydroxyl groups excluding tert-OH is 1. The first-order valence-corrected chi connectivity index (χ1v) is 9.82. The zero-order chi connectivity index (χ0) is 20.1. The second-order valence-corrected chi connectivity index (χ2v) is 9.26. The van der Waals surface area contributed by atoms with Crippen LogP contribution >= 0.6 is 0 Å². The molecule has 0 heterocycles. The van der Waals surface area contributed by atoms with E-state index in [1.807, 2.05) is 6.92 Å². The van der Waals surface area contributed by atoms with Crippen LogP contribution in [-0.2, 0) is 19.1 Å². The Labute approximate surface area is 160 Å². The Morgan fingerprint density at radius 3 is 2.56 bits per heavy atom. The molecule has 5 nitrogen and oxygen atoms in total. The summed E-state index contributed by atoms with van der Waals surface area (Å²) >= 11 is 0. The number of hydrogen-bond acceptors (Lipinski definition) is 5. The third kappa shape index (κ3) is 3.20. The minimum atomic E-state index is -0.940. The molecule has 0 aromatic carbocycles. The highest BCUT2D eigenvalue weighted by molar-refractivity contribution is 6.11. The van der Waals surface area contributed by atoms with Crippen molar-refractivity contribution in [1.82, 2.24) is 0 Å². The zero-order valence-corrected chi connectivity index (χ0v) is 16.7. The van der Waals surface area contributed by atoms with Crippen LogP contribution in [0, 0.1) is 22.7 Å². The number of esters is 1. The molecule has 0 aromatic heterocycles. The van der Waals surface area contributed by atoms with Gasteiger partial charge in [0.1, 0.15) is 11.9 Å². The predicted molar refractivity (Wildman–Crippen MR) is 101 cm³/mol. The molecule has 1 fully saturated rings. The lowest BCUT2D eigenvalue weighted by atomic mass is 9.51. The molecule has 5 heteroatoms. The second-order valence-electron chi connectivity index (χ2n) is 9.26. The van der Waals surface area contributed by atoms with Crippen molar-refractivity contribution < 1.29 is 24.2 Å². The fraction of sp³-hybridized carbons (Fsp3) is 0.682. The van der Waals surface area contributed by atoms with E-state index in [1.165, 1.54) is 6.92 Å². The largest absolute Gasteiger partial charge is 0.461 e. The van der Waals surface area contributed by atoms with Crippen LogP contribution in [0.1, 0.15) is 59.8 Å². The van der Waals surface area contributed by atoms with Gasteiger partial charge in [0.05, 0.1) is 11.5 Å². The van der Waals surface area contributed by atoms with Crippen LogP contribution in [0.25, 0.3) is 0 Å². The molecule has 3 aliphatic carbocycles. The standard InChI is InChI=1S/C22H30O5/c1-12-14-6-7-18(25)22(5)17(11-16(24)15(10-14)20(12)26)21(3,4)9-8-19(22)27-13(2)23/h10,14,16-17,19,24H,1,6-9,11H2,2-5H3/t14-,16+,17+,19+,22+/m0/s1. The number of allylic oxidation sites excluding steroid dienone is 2. The summed E-state index contributed by atoms with van der Waals surface area (Å²) in [6.45, 7) is 11.3. The van der Waals surface area contributed by atoms with Crippen LogP contribution in [0.2, 0.25) is 0 Å². The topological polar surface area (TPSA) is 80.7 Å². The number of fused-ring (bicyclic) bond motifs is 2. The number of carbonyl (C=O) groups is 3. The molecule has 5 atom stereocenters. The third-order valence-electron chi connectivity index (χ3n) is 7.18. The molecule has 2 bridgehead atoms. The quantitative estimate of drug-likeness (QED) is 0.563. The highest BCUT2D eigenvalue weighted by Gasteiger charge is 2.58. The van der Waals surface area contributed by atoms with E-state index in [4.69, 9.17) is 4.74 Å². The van der Waals surface area contributed by atoms with Crippen LogP contribution in [-0.4, -0.2) is 34.9 Å². The molecule has 27 heavy (non-hydrogen) atoms. The van der Waals surface area contributed by atoms with Crippen molar-refractivity contribution in [3.05, 3.63) is 23.8 Å². The monoisotopic (exact) mass is 374 g/mol. The van der Waals surface area contributed by atoms with Crippen LogP contribution in [0.4, 0.5) is 0 Å². The highest BCUT2D eigenvalue weighted by Crippen LogP contribution is 2.56. The first-order chi connectivity index (χ1) is 12.5. The van der Waals surface area contributed by atoms with Gasteiger partial charge in [-0.15, -0.1) is 0 Å². The summed E-state index contributed by atoms with van der Waals surface area (Å²) in [5.41, 5.74) is -0.231. The summed E-state index contributed by atoms with van der Waals surface area (Å²) in [5, 5.41) is 10.9. The molecule has 0 aliphatic heterocycles. The van der Waals surface area contributed by atoms with Crippen LogP contribution in [0.15, 0.2) is 23.8 Å². The van der Waals surface area contributed by atoms with Crippen molar-refractivity contribution in [2.75, 3.05) is 0 Å². The molecule has 0 spiro atoms. The number of ketones is 2. The van der Waals surface area contributed by atoms with Crippen molar-refractivity contribution >= 4 is 17.5 Å². The summed E-state index contributed by atoms with van der Waals surface area (Å²) in [7, 11) is 0. The summed E-state index contributed by atoms with van der Waals surface area (Å²) < 4.78 is 5.60. The van der Waals surface area contributed by atoms with E-state index in [-0.39, 0.29) is 28.8 Å². The van der Waals surface area contributed by atoms with Crippen molar-refractivity contribution in [2.24, 2.45) is 22.7 Å². The molecule has 0 radical (unpaired) electrons. The van der Waals surface area contributed by atoms with E-state index < -0.39 is 23.6 Å². The smallest absolute Gasteiger partial charge is 0.302 e. The van der Waals surface area contributed by atoms with Gasteiger partial charge in [-0.1, -0.05) is 26.5 Å². The van der Waals surface area contributed by atoms with Crippen molar-refractivity contribution in [1.29, 1.82) is 0 Å². The normalized spacial score (nSPS) is 38.9. The maximum Gasteiger partial charge on any atom is 0.302 e. The van der Waals surface area contributed by atoms with Gasteiger partial charge < -0.3 is 9.84 Å². The van der Waals surface area contributed by atoms with Crippen LogP contribution in [0.5, 0.6) is 0 Å². The zero-order valence-electron chi connectivity index (χ0n) is 16.7. The molecule has 0 unspecified atom stereocenters. The Balaban J connectivity index is 2.07. The second kappa shape index (κ2) is 6.69. The lowest BCUT2D eigenvalue weighted by Gasteiger charge is -2.54. The summed E-state index contributed by atoms with van der Waals surface area (Å²) in [6, 6.07) is 0. The molecular weight excluding hydrogens is 344 g/mol. The third-order valence-corrected chi connectivity index (χ3v) is 7.18. The Morgan fingerprint density at radius 2 is 1.93 bits per heavy atom. The van der Waals surface area contributed by atoms with E-state index in [1.54, 1.807) is 6.08 Å². The summed E-state index contributed by atoms with van der Waals surface area (Å²) in [4.78, 5) is 37.7. The van der Waals surface area contributed by atoms with E-state index in [9.17, 15) is 19.5 Å². The predicted octanol–water partition coefficient (Wildman–Crippen LogP) is 3.16. The fourth-order valence-electron chi connectivity index (χ4n) is 5.51. The van der Waals surface area contributed by atoms with Crippen molar-refractivity contribution in [3.8, 4) is 0 Å². The summed E-state index contributed by atoms with van der Waals surface area (Å²) in [6.07, 6.45) is 2.86.